The zero-order chi connectivity index (χ0) is 10.4. The summed E-state index contributed by atoms with van der Waals surface area (Å²) >= 11 is 0. The van der Waals surface area contributed by atoms with Gasteiger partial charge in [0.2, 0.25) is 0 Å². The van der Waals surface area contributed by atoms with Crippen molar-refractivity contribution in [1.29, 1.82) is 0 Å². The molecule has 0 aromatic rings. The maximum Gasteiger partial charge on any atom is 0.0740 e. The molecule has 0 aliphatic heterocycles. The molecule has 2 nitrogen and oxygen atoms in total. The van der Waals surface area contributed by atoms with E-state index in [9.17, 15) is 5.11 Å². The van der Waals surface area contributed by atoms with Gasteiger partial charge in [0.1, 0.15) is 0 Å². The summed E-state index contributed by atoms with van der Waals surface area (Å²) in [6.07, 6.45) is 7.80. The summed E-state index contributed by atoms with van der Waals surface area (Å²) in [4.78, 5) is 0. The fourth-order valence-electron chi connectivity index (χ4n) is 2.06. The zero-order valence-corrected chi connectivity index (χ0v) is 9.68. The molecular weight excluding hydrogens is 174 g/mol. The lowest BCUT2D eigenvalue weighted by atomic mass is 9.89. The highest BCUT2D eigenvalue weighted by atomic mass is 16.3. The smallest absolute Gasteiger partial charge is 0.0740 e. The van der Waals surface area contributed by atoms with Gasteiger partial charge in [0.25, 0.3) is 0 Å². The molecule has 0 aromatic carbocycles. The number of nitrogens with one attached hydrogen (secondary N) is 1. The van der Waals surface area contributed by atoms with Crippen LogP contribution in [0.25, 0.3) is 0 Å². The van der Waals surface area contributed by atoms with Crippen molar-refractivity contribution in [3.8, 4) is 0 Å². The Balaban J connectivity index is 2.08. The molecule has 0 aromatic heterocycles. The van der Waals surface area contributed by atoms with Gasteiger partial charge in [-0.05, 0) is 38.6 Å². The van der Waals surface area contributed by atoms with Crippen LogP contribution in [-0.2, 0) is 0 Å². The van der Waals surface area contributed by atoms with Crippen LogP contribution in [0.3, 0.4) is 0 Å². The van der Waals surface area contributed by atoms with Crippen molar-refractivity contribution in [2.75, 3.05) is 13.1 Å². The van der Waals surface area contributed by atoms with E-state index in [1.807, 2.05) is 13.8 Å². The maximum atomic E-state index is 9.79. The van der Waals surface area contributed by atoms with Gasteiger partial charge in [-0.25, -0.2) is 0 Å². The van der Waals surface area contributed by atoms with Crippen LogP contribution in [0.4, 0.5) is 0 Å². The largest absolute Gasteiger partial charge is 0.389 e. The Bertz CT molecular complexity index is 150. The minimum absolute atomic E-state index is 0.519. The maximum absolute atomic E-state index is 9.79. The molecule has 1 aliphatic carbocycles. The van der Waals surface area contributed by atoms with Crippen LogP contribution in [0.5, 0.6) is 0 Å². The van der Waals surface area contributed by atoms with E-state index in [1.54, 1.807) is 0 Å². The summed E-state index contributed by atoms with van der Waals surface area (Å²) in [6, 6.07) is 0. The molecule has 84 valence electrons. The predicted molar refractivity (Wildman–Crippen MR) is 60.4 cm³/mol. The van der Waals surface area contributed by atoms with Crippen molar-refractivity contribution in [3.05, 3.63) is 0 Å². The second-order valence-corrected chi connectivity index (χ2v) is 4.99. The van der Waals surface area contributed by atoms with Crippen LogP contribution in [0, 0.1) is 5.92 Å². The first kappa shape index (κ1) is 12.0. The summed E-state index contributed by atoms with van der Waals surface area (Å²) in [6.45, 7) is 5.76. The fourth-order valence-corrected chi connectivity index (χ4v) is 2.06. The van der Waals surface area contributed by atoms with Gasteiger partial charge in [0.05, 0.1) is 5.60 Å². The lowest BCUT2D eigenvalue weighted by Crippen LogP contribution is -2.39. The quantitative estimate of drug-likeness (QED) is 0.712. The molecule has 0 saturated heterocycles. The van der Waals surface area contributed by atoms with E-state index >= 15 is 0 Å². The summed E-state index contributed by atoms with van der Waals surface area (Å²) in [5.74, 6) is 0.858. The van der Waals surface area contributed by atoms with E-state index in [4.69, 9.17) is 0 Å². The Morgan fingerprint density at radius 1 is 1.29 bits per heavy atom. The number of hydrogen-bond acceptors (Lipinski definition) is 2. The highest BCUT2D eigenvalue weighted by molar-refractivity contribution is 4.75. The van der Waals surface area contributed by atoms with E-state index < -0.39 is 5.60 Å². The molecule has 0 amide bonds. The molecular formula is C12H25NO. The van der Waals surface area contributed by atoms with E-state index in [-0.39, 0.29) is 0 Å². The number of aliphatic hydroxyl groups is 1. The van der Waals surface area contributed by atoms with Crippen molar-refractivity contribution in [2.45, 2.75) is 58.0 Å². The van der Waals surface area contributed by atoms with Crippen LogP contribution >= 0.6 is 0 Å². The van der Waals surface area contributed by atoms with Gasteiger partial charge in [-0.1, -0.05) is 26.2 Å². The number of rotatable bonds is 5. The molecule has 1 saturated carbocycles. The second-order valence-electron chi connectivity index (χ2n) is 4.99. The van der Waals surface area contributed by atoms with Gasteiger partial charge in [-0.3, -0.25) is 0 Å². The topological polar surface area (TPSA) is 32.3 Å². The first-order valence-corrected chi connectivity index (χ1v) is 6.07. The second kappa shape index (κ2) is 5.72. The van der Waals surface area contributed by atoms with Gasteiger partial charge in [-0.15, -0.1) is 0 Å². The van der Waals surface area contributed by atoms with E-state index in [0.717, 1.165) is 25.4 Å². The van der Waals surface area contributed by atoms with Crippen LogP contribution in [0.2, 0.25) is 0 Å². The minimum Gasteiger partial charge on any atom is -0.389 e. The Morgan fingerprint density at radius 2 is 1.93 bits per heavy atom. The first-order chi connectivity index (χ1) is 6.64. The lowest BCUT2D eigenvalue weighted by Gasteiger charge is -2.26. The van der Waals surface area contributed by atoms with Crippen LogP contribution < -0.4 is 5.32 Å². The fraction of sp³-hybridized carbons (Fsp3) is 1.00. The molecule has 1 atom stereocenters. The van der Waals surface area contributed by atoms with Crippen molar-refractivity contribution < 1.29 is 5.11 Å². The third-order valence-corrected chi connectivity index (χ3v) is 3.43. The number of hydrogen-bond donors (Lipinski definition) is 2. The molecule has 2 N–H and O–H groups in total. The third kappa shape index (κ3) is 4.43. The lowest BCUT2D eigenvalue weighted by molar-refractivity contribution is 0.0544. The van der Waals surface area contributed by atoms with Crippen molar-refractivity contribution in [2.24, 2.45) is 5.92 Å². The Kier molecular flexibility index (Phi) is 4.90. The molecule has 2 heteroatoms. The summed E-state index contributed by atoms with van der Waals surface area (Å²) in [7, 11) is 0. The van der Waals surface area contributed by atoms with Gasteiger partial charge in [0.15, 0.2) is 0 Å². The zero-order valence-electron chi connectivity index (χ0n) is 9.68. The van der Waals surface area contributed by atoms with Crippen molar-refractivity contribution in [1.82, 2.24) is 5.32 Å². The molecule has 0 spiro atoms. The van der Waals surface area contributed by atoms with E-state index in [1.165, 1.54) is 32.1 Å². The Labute approximate surface area is 88.1 Å². The monoisotopic (exact) mass is 199 g/mol. The average Bonchev–Trinajstić information content (AvgIpc) is 2.19. The minimum atomic E-state index is -0.519. The van der Waals surface area contributed by atoms with Crippen LogP contribution in [0.1, 0.15) is 52.4 Å². The van der Waals surface area contributed by atoms with Gasteiger partial charge in [-0.2, -0.15) is 0 Å². The standard InChI is InChI=1S/C12H25NO/c1-3-12(2,14)10-13-9-11-7-5-4-6-8-11/h11,13-14H,3-10H2,1-2H3. The first-order valence-electron chi connectivity index (χ1n) is 6.07. The normalized spacial score (nSPS) is 23.4. The Morgan fingerprint density at radius 3 is 2.50 bits per heavy atom. The highest BCUT2D eigenvalue weighted by Crippen LogP contribution is 2.22. The summed E-state index contributed by atoms with van der Waals surface area (Å²) in [5.41, 5.74) is -0.519. The van der Waals surface area contributed by atoms with Crippen LogP contribution in [0.15, 0.2) is 0 Å². The SMILES string of the molecule is CCC(C)(O)CNCC1CCCCC1. The molecule has 14 heavy (non-hydrogen) atoms. The molecule has 0 heterocycles. The predicted octanol–water partition coefficient (Wildman–Crippen LogP) is 2.32. The summed E-state index contributed by atoms with van der Waals surface area (Å²) in [5, 5.41) is 13.2. The third-order valence-electron chi connectivity index (χ3n) is 3.43. The molecule has 1 fully saturated rings. The van der Waals surface area contributed by atoms with Crippen molar-refractivity contribution >= 4 is 0 Å². The molecule has 0 radical (unpaired) electrons. The van der Waals surface area contributed by atoms with Crippen molar-refractivity contribution in [3.63, 3.8) is 0 Å². The van der Waals surface area contributed by atoms with Gasteiger partial charge >= 0.3 is 0 Å². The van der Waals surface area contributed by atoms with E-state index in [2.05, 4.69) is 5.32 Å². The van der Waals surface area contributed by atoms with Gasteiger partial charge < -0.3 is 10.4 Å². The molecule has 1 rings (SSSR count). The highest BCUT2D eigenvalue weighted by Gasteiger charge is 2.18. The summed E-state index contributed by atoms with van der Waals surface area (Å²) < 4.78 is 0. The molecule has 1 aliphatic rings. The molecule has 1 unspecified atom stereocenters. The molecule has 0 bridgehead atoms. The van der Waals surface area contributed by atoms with Gasteiger partial charge in [0, 0.05) is 6.54 Å². The van der Waals surface area contributed by atoms with E-state index in [0.29, 0.717) is 0 Å². The van der Waals surface area contributed by atoms with Crippen LogP contribution in [-0.4, -0.2) is 23.8 Å². The average molecular weight is 199 g/mol. The Hall–Kier alpha value is -0.0800.